The Morgan fingerprint density at radius 2 is 2.00 bits per heavy atom. The molecule has 1 N–H and O–H groups in total. The van der Waals surface area contributed by atoms with Gasteiger partial charge >= 0.3 is 0 Å². The van der Waals surface area contributed by atoms with E-state index in [-0.39, 0.29) is 23.6 Å². The van der Waals surface area contributed by atoms with Crippen LogP contribution < -0.4 is 10.9 Å². The Kier molecular flexibility index (Phi) is 4.48. The van der Waals surface area contributed by atoms with Crippen LogP contribution in [0.25, 0.3) is 0 Å². The molecule has 24 heavy (non-hydrogen) atoms. The second-order valence-electron chi connectivity index (χ2n) is 5.09. The van der Waals surface area contributed by atoms with Gasteiger partial charge in [-0.05, 0) is 30.7 Å². The fourth-order valence-electron chi connectivity index (χ4n) is 2.02. The second-order valence-corrected chi connectivity index (χ2v) is 5.95. The van der Waals surface area contributed by atoms with Gasteiger partial charge in [0.05, 0.1) is 12.2 Å². The van der Waals surface area contributed by atoms with Gasteiger partial charge < -0.3 is 0 Å². The summed E-state index contributed by atoms with van der Waals surface area (Å²) in [6.45, 7) is 1.98. The number of nitrogens with one attached hydrogen (secondary N) is 1. The van der Waals surface area contributed by atoms with Crippen molar-refractivity contribution >= 4 is 22.4 Å². The highest BCUT2D eigenvalue weighted by Gasteiger charge is 2.12. The van der Waals surface area contributed by atoms with Crippen LogP contribution in [0, 0.1) is 12.7 Å². The monoisotopic (exact) mass is 344 g/mol. The Morgan fingerprint density at radius 1 is 1.25 bits per heavy atom. The number of benzene rings is 1. The predicted molar refractivity (Wildman–Crippen MR) is 88.8 cm³/mol. The minimum absolute atomic E-state index is 0.101. The van der Waals surface area contributed by atoms with Gasteiger partial charge in [0, 0.05) is 11.4 Å². The number of anilines is 1. The van der Waals surface area contributed by atoms with Crippen LogP contribution in [0.2, 0.25) is 0 Å². The molecule has 0 saturated heterocycles. The molecule has 122 valence electrons. The van der Waals surface area contributed by atoms with Crippen LogP contribution in [0.1, 0.15) is 21.7 Å². The van der Waals surface area contributed by atoms with Crippen LogP contribution >= 0.6 is 11.3 Å². The summed E-state index contributed by atoms with van der Waals surface area (Å²) in [5.41, 5.74) is 1.27. The van der Waals surface area contributed by atoms with Gasteiger partial charge in [0.15, 0.2) is 5.13 Å². The van der Waals surface area contributed by atoms with E-state index in [4.69, 9.17) is 0 Å². The average molecular weight is 344 g/mol. The Hall–Kier alpha value is -2.87. The molecule has 6 nitrogen and oxygen atoms in total. The first-order chi connectivity index (χ1) is 11.5. The van der Waals surface area contributed by atoms with Crippen LogP contribution in [0.4, 0.5) is 9.52 Å². The van der Waals surface area contributed by atoms with Gasteiger partial charge in [-0.3, -0.25) is 14.9 Å². The van der Waals surface area contributed by atoms with E-state index in [0.29, 0.717) is 10.7 Å². The summed E-state index contributed by atoms with van der Waals surface area (Å²) in [5.74, 6) is -0.803. The molecule has 0 aliphatic rings. The molecular formula is C16H13FN4O2S. The van der Waals surface area contributed by atoms with Gasteiger partial charge in [0.25, 0.3) is 11.5 Å². The number of aromatic nitrogens is 3. The fraction of sp³-hybridized carbons (Fsp3) is 0.125. The Balaban J connectivity index is 1.81. The van der Waals surface area contributed by atoms with E-state index in [9.17, 15) is 14.0 Å². The van der Waals surface area contributed by atoms with Crippen molar-refractivity contribution in [1.29, 1.82) is 0 Å². The van der Waals surface area contributed by atoms with Crippen LogP contribution in [-0.4, -0.2) is 20.7 Å². The molecule has 0 radical (unpaired) electrons. The summed E-state index contributed by atoms with van der Waals surface area (Å²) >= 11 is 1.31. The van der Waals surface area contributed by atoms with Crippen molar-refractivity contribution in [3.05, 3.63) is 74.9 Å². The molecule has 0 aliphatic heterocycles. The number of carbonyl (C=O) groups excluding carboxylic acids is 1. The Bertz CT molecular complexity index is 934. The molecule has 0 bridgehead atoms. The molecule has 0 saturated carbocycles. The zero-order valence-corrected chi connectivity index (χ0v) is 13.5. The molecule has 3 rings (SSSR count). The number of hydrogen-bond donors (Lipinski definition) is 1. The zero-order valence-electron chi connectivity index (χ0n) is 12.7. The van der Waals surface area contributed by atoms with Gasteiger partial charge in [-0.25, -0.2) is 14.1 Å². The molecule has 0 fully saturated rings. The van der Waals surface area contributed by atoms with Gasteiger partial charge in [-0.1, -0.05) is 12.1 Å². The number of hydrogen-bond acceptors (Lipinski definition) is 5. The number of rotatable bonds is 4. The van der Waals surface area contributed by atoms with Gasteiger partial charge in [0.2, 0.25) is 0 Å². The number of nitrogens with zero attached hydrogens (tertiary/aromatic N) is 3. The molecule has 8 heteroatoms. The second kappa shape index (κ2) is 6.71. The normalized spacial score (nSPS) is 10.6. The number of aryl methyl sites for hydroxylation is 1. The molecular weight excluding hydrogens is 331 g/mol. The van der Waals surface area contributed by atoms with E-state index >= 15 is 0 Å². The Morgan fingerprint density at radius 3 is 2.67 bits per heavy atom. The quantitative estimate of drug-likeness (QED) is 0.789. The van der Waals surface area contributed by atoms with Gasteiger partial charge in [-0.15, -0.1) is 11.3 Å². The smallest absolute Gasteiger partial charge is 0.277 e. The first-order valence-corrected chi connectivity index (χ1v) is 7.95. The molecule has 3 aromatic rings. The van der Waals surface area contributed by atoms with E-state index in [2.05, 4.69) is 15.4 Å². The molecule has 0 aliphatic carbocycles. The van der Waals surface area contributed by atoms with Crippen LogP contribution in [0.15, 0.2) is 46.6 Å². The third kappa shape index (κ3) is 3.72. The average Bonchev–Trinajstić information content (AvgIpc) is 2.96. The van der Waals surface area contributed by atoms with Crippen molar-refractivity contribution in [2.45, 2.75) is 13.5 Å². The van der Waals surface area contributed by atoms with Crippen molar-refractivity contribution < 1.29 is 9.18 Å². The molecule has 2 aromatic heterocycles. The highest BCUT2D eigenvalue weighted by Crippen LogP contribution is 2.15. The third-order valence-corrected chi connectivity index (χ3v) is 4.06. The first-order valence-electron chi connectivity index (χ1n) is 7.07. The summed E-state index contributed by atoms with van der Waals surface area (Å²) in [7, 11) is 0. The highest BCUT2D eigenvalue weighted by atomic mass is 32.1. The topological polar surface area (TPSA) is 76.9 Å². The summed E-state index contributed by atoms with van der Waals surface area (Å²) in [5, 5.41) is 8.99. The fourth-order valence-corrected chi connectivity index (χ4v) is 2.70. The number of amides is 1. The summed E-state index contributed by atoms with van der Waals surface area (Å²) < 4.78 is 14.1. The minimum Gasteiger partial charge on any atom is -0.296 e. The molecule has 0 spiro atoms. The molecule has 2 heterocycles. The number of halogens is 1. The van der Waals surface area contributed by atoms with Crippen LogP contribution in [0.3, 0.4) is 0 Å². The number of carbonyl (C=O) groups is 1. The van der Waals surface area contributed by atoms with E-state index in [0.717, 1.165) is 10.4 Å². The summed E-state index contributed by atoms with van der Waals surface area (Å²) in [6.07, 6.45) is 0. The molecule has 1 aromatic carbocycles. The standard InChI is InChI=1S/C16H13FN4O2S/c1-10-9-24-16(18-10)19-15(23)13-6-7-14(22)21(20-13)8-11-2-4-12(17)5-3-11/h2-7,9H,8H2,1H3,(H,18,19,23). The Labute approximate surface area is 140 Å². The largest absolute Gasteiger partial charge is 0.296 e. The van der Waals surface area contributed by atoms with Gasteiger partial charge in [0.1, 0.15) is 11.5 Å². The maximum atomic E-state index is 12.9. The maximum Gasteiger partial charge on any atom is 0.277 e. The molecule has 0 unspecified atom stereocenters. The number of thiazole rings is 1. The SMILES string of the molecule is Cc1csc(NC(=O)c2ccc(=O)n(Cc3ccc(F)cc3)n2)n1. The summed E-state index contributed by atoms with van der Waals surface area (Å²) in [4.78, 5) is 28.3. The lowest BCUT2D eigenvalue weighted by molar-refractivity contribution is 0.102. The van der Waals surface area contributed by atoms with Crippen LogP contribution in [0.5, 0.6) is 0 Å². The lowest BCUT2D eigenvalue weighted by atomic mass is 10.2. The zero-order chi connectivity index (χ0) is 17.1. The minimum atomic E-state index is -0.447. The van der Waals surface area contributed by atoms with Gasteiger partial charge in [-0.2, -0.15) is 5.10 Å². The van der Waals surface area contributed by atoms with Crippen molar-refractivity contribution in [3.8, 4) is 0 Å². The van der Waals surface area contributed by atoms with Crippen molar-refractivity contribution in [2.24, 2.45) is 0 Å². The maximum absolute atomic E-state index is 12.9. The van der Waals surface area contributed by atoms with E-state index < -0.39 is 5.91 Å². The lowest BCUT2D eigenvalue weighted by Crippen LogP contribution is -2.26. The lowest BCUT2D eigenvalue weighted by Gasteiger charge is -2.07. The highest BCUT2D eigenvalue weighted by molar-refractivity contribution is 7.13. The van der Waals surface area contributed by atoms with E-state index in [1.807, 2.05) is 12.3 Å². The predicted octanol–water partition coefficient (Wildman–Crippen LogP) is 2.45. The third-order valence-electron chi connectivity index (χ3n) is 3.18. The van der Waals surface area contributed by atoms with Crippen molar-refractivity contribution in [2.75, 3.05) is 5.32 Å². The van der Waals surface area contributed by atoms with E-state index in [1.54, 1.807) is 12.1 Å². The summed E-state index contributed by atoms with van der Waals surface area (Å²) in [6, 6.07) is 8.38. The molecule has 1 amide bonds. The molecule has 0 atom stereocenters. The van der Waals surface area contributed by atoms with Crippen LogP contribution in [-0.2, 0) is 6.54 Å². The van der Waals surface area contributed by atoms with Crippen molar-refractivity contribution in [1.82, 2.24) is 14.8 Å². The van der Waals surface area contributed by atoms with E-state index in [1.165, 1.54) is 35.6 Å². The van der Waals surface area contributed by atoms with Crippen molar-refractivity contribution in [3.63, 3.8) is 0 Å². The first kappa shape index (κ1) is 16.0.